The number of amides is 2. The van der Waals surface area contributed by atoms with Gasteiger partial charge in [0.05, 0.1) is 22.9 Å². The summed E-state index contributed by atoms with van der Waals surface area (Å²) in [5.41, 5.74) is 1.51. The van der Waals surface area contributed by atoms with Crippen molar-refractivity contribution in [1.29, 1.82) is 0 Å². The SMILES string of the molecule is CC1(C)C[C@@H](NC(=O)CSc2nnnn2-c2ccccc2)C[C@@](C)(CNC(=O)CSc2nnnn2-c2ccccc2)C1. The highest BCUT2D eigenvalue weighted by molar-refractivity contribution is 8.00. The Balaban J connectivity index is 1.12. The molecule has 5 rings (SSSR count). The molecule has 2 amide bonds. The summed E-state index contributed by atoms with van der Waals surface area (Å²) in [7, 11) is 0. The number of benzene rings is 2. The second kappa shape index (κ2) is 13.0. The van der Waals surface area contributed by atoms with Gasteiger partial charge in [0.15, 0.2) is 0 Å². The molecule has 1 fully saturated rings. The van der Waals surface area contributed by atoms with Crippen molar-refractivity contribution in [3.05, 3.63) is 60.7 Å². The Bertz CT molecular complexity index is 1490. The van der Waals surface area contributed by atoms with Crippen LogP contribution < -0.4 is 10.6 Å². The fourth-order valence-corrected chi connectivity index (χ4v) is 7.19. The second-order valence-corrected chi connectivity index (χ2v) is 13.5. The second-order valence-electron chi connectivity index (χ2n) is 11.6. The van der Waals surface area contributed by atoms with Gasteiger partial charge in [-0.05, 0) is 75.2 Å². The largest absolute Gasteiger partial charge is 0.355 e. The van der Waals surface area contributed by atoms with Crippen LogP contribution in [0.3, 0.4) is 0 Å². The van der Waals surface area contributed by atoms with Crippen molar-refractivity contribution >= 4 is 35.3 Å². The van der Waals surface area contributed by atoms with Crippen LogP contribution in [-0.2, 0) is 9.59 Å². The Morgan fingerprint density at radius 2 is 1.33 bits per heavy atom. The number of tetrazole rings is 2. The van der Waals surface area contributed by atoms with E-state index in [2.05, 4.69) is 62.5 Å². The first-order chi connectivity index (χ1) is 20.2. The van der Waals surface area contributed by atoms with E-state index in [0.29, 0.717) is 16.9 Å². The van der Waals surface area contributed by atoms with E-state index in [9.17, 15) is 9.59 Å². The minimum atomic E-state index is -0.170. The average Bonchev–Trinajstić information content (AvgIpc) is 3.64. The normalized spacial score (nSPS) is 19.7. The molecule has 2 N–H and O–H groups in total. The summed E-state index contributed by atoms with van der Waals surface area (Å²) in [4.78, 5) is 25.8. The van der Waals surface area contributed by atoms with Gasteiger partial charge in [0.2, 0.25) is 22.1 Å². The molecule has 2 atom stereocenters. The standard InChI is InChI=1S/C28H34N10O2S2/c1-27(2)14-20(30-24(40)17-42-26-32-34-36-38(26)22-12-8-5-9-13-22)15-28(3,18-27)19-29-23(39)16-41-25-31-33-35-37(25)21-10-6-4-7-11-21/h4-13,20H,14-19H2,1-3H3,(H,29,39)(H,30,40)/t20-,28-/m1/s1. The zero-order valence-corrected chi connectivity index (χ0v) is 25.4. The number of nitrogens with zero attached hydrogens (tertiary/aromatic N) is 8. The number of nitrogens with one attached hydrogen (secondary N) is 2. The molecule has 0 spiro atoms. The number of rotatable bonds is 11. The monoisotopic (exact) mass is 606 g/mol. The molecular formula is C28H34N10O2S2. The Hall–Kier alpha value is -3.78. The summed E-state index contributed by atoms with van der Waals surface area (Å²) in [5, 5.41) is 31.2. The highest BCUT2D eigenvalue weighted by atomic mass is 32.2. The lowest BCUT2D eigenvalue weighted by atomic mass is 9.62. The quantitative estimate of drug-likeness (QED) is 0.244. The summed E-state index contributed by atoms with van der Waals surface area (Å²) >= 11 is 2.60. The zero-order chi connectivity index (χ0) is 29.6. The molecule has 12 nitrogen and oxygen atoms in total. The average molecular weight is 607 g/mol. The van der Waals surface area contributed by atoms with E-state index in [0.717, 1.165) is 30.6 Å². The molecule has 0 radical (unpaired) electrons. The molecule has 4 aromatic rings. The smallest absolute Gasteiger partial charge is 0.230 e. The van der Waals surface area contributed by atoms with E-state index in [1.54, 1.807) is 9.36 Å². The summed E-state index contributed by atoms with van der Waals surface area (Å²) < 4.78 is 3.25. The number of hydrogen-bond donors (Lipinski definition) is 2. The minimum absolute atomic E-state index is 0.00116. The fraction of sp³-hybridized carbons (Fsp3) is 0.429. The Morgan fingerprint density at radius 3 is 1.88 bits per heavy atom. The third kappa shape index (κ3) is 7.73. The Labute approximate surface area is 252 Å². The topological polar surface area (TPSA) is 145 Å². The van der Waals surface area contributed by atoms with Crippen LogP contribution in [0.25, 0.3) is 11.4 Å². The van der Waals surface area contributed by atoms with Crippen LogP contribution >= 0.6 is 23.5 Å². The third-order valence-electron chi connectivity index (χ3n) is 7.07. The van der Waals surface area contributed by atoms with E-state index >= 15 is 0 Å². The molecule has 0 bridgehead atoms. The molecule has 0 saturated heterocycles. The maximum absolute atomic E-state index is 13.0. The van der Waals surface area contributed by atoms with E-state index in [4.69, 9.17) is 0 Å². The summed E-state index contributed by atoms with van der Waals surface area (Å²) in [5.74, 6) is 0.258. The van der Waals surface area contributed by atoms with Crippen LogP contribution in [0, 0.1) is 10.8 Å². The van der Waals surface area contributed by atoms with Gasteiger partial charge < -0.3 is 10.6 Å². The van der Waals surface area contributed by atoms with Gasteiger partial charge >= 0.3 is 0 Å². The molecular weight excluding hydrogens is 573 g/mol. The van der Waals surface area contributed by atoms with Crippen LogP contribution in [0.1, 0.15) is 40.0 Å². The summed E-state index contributed by atoms with van der Waals surface area (Å²) in [6, 6.07) is 19.2. The van der Waals surface area contributed by atoms with Crippen LogP contribution in [-0.4, -0.2) is 76.3 Å². The summed E-state index contributed by atoms with van der Waals surface area (Å²) in [6.07, 6.45) is 2.58. The van der Waals surface area contributed by atoms with Gasteiger partial charge in [-0.2, -0.15) is 9.36 Å². The molecule has 2 aromatic heterocycles. The summed E-state index contributed by atoms with van der Waals surface area (Å²) in [6.45, 7) is 7.13. The van der Waals surface area contributed by atoms with E-state index < -0.39 is 0 Å². The molecule has 14 heteroatoms. The van der Waals surface area contributed by atoms with Crippen molar-refractivity contribution in [2.75, 3.05) is 18.1 Å². The van der Waals surface area contributed by atoms with Crippen molar-refractivity contribution in [2.45, 2.75) is 56.4 Å². The van der Waals surface area contributed by atoms with Crippen molar-refractivity contribution in [1.82, 2.24) is 51.0 Å². The molecule has 2 aromatic carbocycles. The van der Waals surface area contributed by atoms with Crippen molar-refractivity contribution < 1.29 is 9.59 Å². The zero-order valence-electron chi connectivity index (χ0n) is 23.8. The number of thioether (sulfide) groups is 2. The van der Waals surface area contributed by atoms with Gasteiger partial charge in [-0.1, -0.05) is 80.7 Å². The molecule has 42 heavy (non-hydrogen) atoms. The van der Waals surface area contributed by atoms with Gasteiger partial charge in [-0.15, -0.1) is 10.2 Å². The number of para-hydroxylation sites is 2. The highest BCUT2D eigenvalue weighted by Crippen LogP contribution is 2.45. The van der Waals surface area contributed by atoms with Gasteiger partial charge in [0.1, 0.15) is 0 Å². The van der Waals surface area contributed by atoms with Crippen molar-refractivity contribution in [3.8, 4) is 11.4 Å². The fourth-order valence-electron chi connectivity index (χ4n) is 5.76. The molecule has 2 heterocycles. The lowest BCUT2D eigenvalue weighted by molar-refractivity contribution is -0.121. The lowest BCUT2D eigenvalue weighted by Gasteiger charge is -2.47. The van der Waals surface area contributed by atoms with Gasteiger partial charge in [-0.3, -0.25) is 9.59 Å². The molecule has 1 aliphatic carbocycles. The van der Waals surface area contributed by atoms with Gasteiger partial charge in [0.25, 0.3) is 0 Å². The predicted octanol–water partition coefficient (Wildman–Crippen LogP) is 3.34. The van der Waals surface area contributed by atoms with Crippen LogP contribution in [0.4, 0.5) is 0 Å². The first kappa shape index (κ1) is 29.7. The van der Waals surface area contributed by atoms with Crippen LogP contribution in [0.2, 0.25) is 0 Å². The van der Waals surface area contributed by atoms with Crippen LogP contribution in [0.15, 0.2) is 71.0 Å². The number of carbonyl (C=O) groups excluding carboxylic acids is 2. The van der Waals surface area contributed by atoms with E-state index in [1.807, 2.05) is 60.7 Å². The van der Waals surface area contributed by atoms with E-state index in [-0.39, 0.29) is 40.2 Å². The Morgan fingerprint density at radius 1 is 0.810 bits per heavy atom. The highest BCUT2D eigenvalue weighted by Gasteiger charge is 2.41. The van der Waals surface area contributed by atoms with Gasteiger partial charge in [0, 0.05) is 12.6 Å². The Kier molecular flexibility index (Phi) is 9.21. The van der Waals surface area contributed by atoms with Crippen molar-refractivity contribution in [2.24, 2.45) is 10.8 Å². The number of carbonyl (C=O) groups is 2. The number of aromatic nitrogens is 8. The predicted molar refractivity (Wildman–Crippen MR) is 160 cm³/mol. The molecule has 0 aliphatic heterocycles. The van der Waals surface area contributed by atoms with Gasteiger partial charge in [-0.25, -0.2) is 0 Å². The minimum Gasteiger partial charge on any atom is -0.355 e. The first-order valence-electron chi connectivity index (χ1n) is 13.7. The number of hydrogen-bond acceptors (Lipinski definition) is 10. The third-order valence-corrected chi connectivity index (χ3v) is 8.91. The molecule has 1 saturated carbocycles. The maximum Gasteiger partial charge on any atom is 0.230 e. The van der Waals surface area contributed by atoms with E-state index in [1.165, 1.54) is 23.5 Å². The van der Waals surface area contributed by atoms with Crippen molar-refractivity contribution in [3.63, 3.8) is 0 Å². The first-order valence-corrected chi connectivity index (χ1v) is 15.7. The maximum atomic E-state index is 13.0. The molecule has 0 unspecified atom stereocenters. The molecule has 1 aliphatic rings. The van der Waals surface area contributed by atoms with Crippen LogP contribution in [0.5, 0.6) is 0 Å². The molecule has 220 valence electrons. The lowest BCUT2D eigenvalue weighted by Crippen LogP contribution is -2.50.